The van der Waals surface area contributed by atoms with E-state index in [4.69, 9.17) is 29.4 Å². The van der Waals surface area contributed by atoms with E-state index in [9.17, 15) is 28.8 Å². The van der Waals surface area contributed by atoms with Crippen LogP contribution in [0.4, 0.5) is 9.59 Å². The fourth-order valence-corrected chi connectivity index (χ4v) is 5.96. The Bertz CT molecular complexity index is 1120. The largest absolute Gasteiger partial charge is 0.453 e. The van der Waals surface area contributed by atoms with Gasteiger partial charge in [-0.2, -0.15) is 0 Å². The summed E-state index contributed by atoms with van der Waals surface area (Å²) in [5.41, 5.74) is 5.20. The molecule has 2 aliphatic carbocycles. The number of hydroxylamine groups is 2. The van der Waals surface area contributed by atoms with Crippen molar-refractivity contribution in [3.05, 3.63) is 0 Å². The third-order valence-corrected chi connectivity index (χ3v) is 9.12. The Morgan fingerprint density at radius 1 is 0.673 bits per heavy atom. The first-order valence-electron chi connectivity index (χ1n) is 19.5. The molecule has 1 aliphatic heterocycles. The van der Waals surface area contributed by atoms with Crippen LogP contribution in [0.1, 0.15) is 111 Å². The van der Waals surface area contributed by atoms with Crippen molar-refractivity contribution >= 4 is 35.8 Å². The molecular formula is C38H68N4O13. The summed E-state index contributed by atoms with van der Waals surface area (Å²) in [5, 5.41) is 6.29. The topological polar surface area (TPSA) is 220 Å². The lowest BCUT2D eigenvalue weighted by Crippen LogP contribution is -2.41. The average Bonchev–Trinajstić information content (AvgIpc) is 3.46. The number of nitrogens with one attached hydrogen (secondary N) is 2. The second-order valence-electron chi connectivity index (χ2n) is 14.8. The molecule has 1 heterocycles. The minimum atomic E-state index is -0.661. The predicted octanol–water partition coefficient (Wildman–Crippen LogP) is 3.98. The van der Waals surface area contributed by atoms with Crippen molar-refractivity contribution in [2.75, 3.05) is 67.5 Å². The molecule has 4 amide bonds. The zero-order valence-corrected chi connectivity index (χ0v) is 34.0. The smallest absolute Gasteiger partial charge is 0.407 e. The predicted molar refractivity (Wildman–Crippen MR) is 202 cm³/mol. The van der Waals surface area contributed by atoms with Crippen LogP contribution in [-0.4, -0.2) is 126 Å². The molecule has 1 saturated heterocycles. The van der Waals surface area contributed by atoms with Gasteiger partial charge in [0.1, 0.15) is 11.4 Å². The van der Waals surface area contributed by atoms with E-state index < -0.39 is 23.4 Å². The number of methoxy groups -OCH3 is 3. The number of nitrogens with zero attached hydrogens (tertiary/aromatic N) is 1. The van der Waals surface area contributed by atoms with E-state index in [1.54, 1.807) is 14.2 Å². The highest BCUT2D eigenvalue weighted by molar-refractivity contribution is 6.01. The van der Waals surface area contributed by atoms with Crippen LogP contribution in [0.5, 0.6) is 0 Å². The number of rotatable bonds is 19. The van der Waals surface area contributed by atoms with E-state index in [2.05, 4.69) is 20.2 Å². The number of ether oxygens (including phenoxy) is 6. The number of carbonyl (C=O) groups excluding carboxylic acids is 6. The Balaban J connectivity index is 0.000000419. The maximum Gasteiger partial charge on any atom is 0.407 e. The number of hydrogen-bond donors (Lipinski definition) is 3. The fourth-order valence-electron chi connectivity index (χ4n) is 5.96. The fraction of sp³-hybridized carbons (Fsp3) is 0.842. The molecule has 0 aromatic carbocycles. The Hall–Kier alpha value is -3.38. The van der Waals surface area contributed by atoms with Gasteiger partial charge in [-0.25, -0.2) is 14.4 Å². The van der Waals surface area contributed by atoms with E-state index >= 15 is 0 Å². The van der Waals surface area contributed by atoms with Crippen LogP contribution >= 0.6 is 0 Å². The molecule has 0 radical (unpaired) electrons. The number of hydrogen-bond acceptors (Lipinski definition) is 14. The van der Waals surface area contributed by atoms with Gasteiger partial charge in [0.05, 0.1) is 53.2 Å². The second-order valence-corrected chi connectivity index (χ2v) is 14.8. The molecule has 0 unspecified atom stereocenters. The molecule has 0 bridgehead atoms. The number of carbonyl (C=O) groups is 6. The van der Waals surface area contributed by atoms with Crippen LogP contribution in [-0.2, 0) is 52.4 Å². The lowest BCUT2D eigenvalue weighted by atomic mass is 9.83. The minimum absolute atomic E-state index is 0.0131. The number of Topliss-reactive ketones (excluding diaryl/α,β-unsaturated/α-hetero) is 1. The van der Waals surface area contributed by atoms with Gasteiger partial charge in [-0.15, -0.1) is 5.06 Å². The monoisotopic (exact) mass is 788 g/mol. The summed E-state index contributed by atoms with van der Waals surface area (Å²) in [5.74, 6) is -0.128. The first-order valence-corrected chi connectivity index (χ1v) is 19.5. The Kier molecular flexibility index (Phi) is 26.1. The highest BCUT2D eigenvalue weighted by atomic mass is 16.7. The van der Waals surface area contributed by atoms with Crippen molar-refractivity contribution in [1.29, 1.82) is 0 Å². The van der Waals surface area contributed by atoms with Gasteiger partial charge in [0.2, 0.25) is 0 Å². The second kappa shape index (κ2) is 28.9. The molecule has 318 valence electrons. The van der Waals surface area contributed by atoms with Gasteiger partial charge in [0.15, 0.2) is 0 Å². The maximum absolute atomic E-state index is 11.8. The Morgan fingerprint density at radius 2 is 1.16 bits per heavy atom. The minimum Gasteiger partial charge on any atom is -0.453 e. The standard InChI is InChI=1S/C16H29NO5.C12H24N2O2.C10H15NO6/c1-20-11-12-22-10-9-15(18)8-5-13-3-6-14(7-4-13)17-16(19)21-2;1-12(2,3)16-11(15)14-10-6-4-9(8-13)5-7-10;1-15-6-7-16-5-4-10(14)17-11-8(12)2-3-9(11)13/h13-14H,3-12H2,1-2H3,(H,17,19);9-10H,4-8,13H2,1-3H3,(H,14,15);2-7H2,1H3. The van der Waals surface area contributed by atoms with Crippen molar-refractivity contribution in [3.63, 3.8) is 0 Å². The van der Waals surface area contributed by atoms with E-state index in [0.29, 0.717) is 62.8 Å². The van der Waals surface area contributed by atoms with Gasteiger partial charge in [-0.3, -0.25) is 14.4 Å². The SMILES string of the molecule is CC(C)(C)OC(=O)NC1CCC(CN)CC1.COCCOCCC(=O)CCC1CCC(NC(=O)OC)CC1.COCCOCCC(=O)ON1C(=O)CCC1=O. The van der Waals surface area contributed by atoms with Gasteiger partial charge < -0.3 is 49.6 Å². The van der Waals surface area contributed by atoms with Crippen molar-refractivity contribution < 1.29 is 62.0 Å². The first kappa shape index (κ1) is 49.6. The zero-order chi connectivity index (χ0) is 41.1. The molecule has 0 aromatic heterocycles. The van der Waals surface area contributed by atoms with Crippen LogP contribution in [0.3, 0.4) is 0 Å². The van der Waals surface area contributed by atoms with Gasteiger partial charge in [-0.1, -0.05) is 0 Å². The Morgan fingerprint density at radius 3 is 1.64 bits per heavy atom. The van der Waals surface area contributed by atoms with Crippen molar-refractivity contribution in [2.45, 2.75) is 128 Å². The van der Waals surface area contributed by atoms with E-state index in [-0.39, 0.29) is 55.9 Å². The first-order chi connectivity index (χ1) is 26.2. The van der Waals surface area contributed by atoms with Crippen LogP contribution in [0.2, 0.25) is 0 Å². The summed E-state index contributed by atoms with van der Waals surface area (Å²) in [6.07, 6.45) is 9.89. The molecule has 17 heteroatoms. The van der Waals surface area contributed by atoms with Crippen LogP contribution < -0.4 is 16.4 Å². The summed E-state index contributed by atoms with van der Waals surface area (Å²) in [6.45, 7) is 8.96. The molecule has 0 spiro atoms. The van der Waals surface area contributed by atoms with Gasteiger partial charge >= 0.3 is 18.2 Å². The third kappa shape index (κ3) is 24.7. The third-order valence-electron chi connectivity index (χ3n) is 9.12. The number of ketones is 1. The quantitative estimate of drug-likeness (QED) is 0.125. The molecule has 0 aromatic rings. The van der Waals surface area contributed by atoms with Gasteiger partial charge in [-0.05, 0) is 96.9 Å². The van der Waals surface area contributed by atoms with Crippen LogP contribution in [0.25, 0.3) is 0 Å². The van der Waals surface area contributed by atoms with Gasteiger partial charge in [0, 0.05) is 52.0 Å². The highest BCUT2D eigenvalue weighted by Crippen LogP contribution is 2.28. The van der Waals surface area contributed by atoms with Crippen molar-refractivity contribution in [2.24, 2.45) is 17.6 Å². The molecule has 3 fully saturated rings. The Labute approximate surface area is 326 Å². The summed E-state index contributed by atoms with van der Waals surface area (Å²) in [4.78, 5) is 72.5. The number of imide groups is 1. The van der Waals surface area contributed by atoms with Crippen molar-refractivity contribution in [3.8, 4) is 0 Å². The van der Waals surface area contributed by atoms with E-state index in [0.717, 1.165) is 64.3 Å². The van der Waals surface area contributed by atoms with Crippen molar-refractivity contribution in [1.82, 2.24) is 15.7 Å². The molecule has 2 saturated carbocycles. The normalized spacial score (nSPS) is 21.0. The molecule has 3 rings (SSSR count). The molecule has 0 atom stereocenters. The van der Waals surface area contributed by atoms with Crippen LogP contribution in [0.15, 0.2) is 0 Å². The summed E-state index contributed by atoms with van der Waals surface area (Å²) in [6, 6.07) is 0.478. The number of nitrogens with two attached hydrogens (primary N) is 1. The lowest BCUT2D eigenvalue weighted by Gasteiger charge is -2.29. The van der Waals surface area contributed by atoms with Crippen LogP contribution in [0, 0.1) is 11.8 Å². The van der Waals surface area contributed by atoms with Gasteiger partial charge in [0.25, 0.3) is 11.8 Å². The summed E-state index contributed by atoms with van der Waals surface area (Å²) in [7, 11) is 4.55. The van der Waals surface area contributed by atoms with E-state index in [1.165, 1.54) is 7.11 Å². The molecule has 17 nitrogen and oxygen atoms in total. The highest BCUT2D eigenvalue weighted by Gasteiger charge is 2.32. The van der Waals surface area contributed by atoms with E-state index in [1.807, 2.05) is 20.8 Å². The number of alkyl carbamates (subject to hydrolysis) is 2. The summed E-state index contributed by atoms with van der Waals surface area (Å²) < 4.78 is 29.8. The summed E-state index contributed by atoms with van der Waals surface area (Å²) >= 11 is 0. The number of amides is 4. The molecular weight excluding hydrogens is 720 g/mol. The lowest BCUT2D eigenvalue weighted by molar-refractivity contribution is -0.198. The molecule has 3 aliphatic rings. The zero-order valence-electron chi connectivity index (χ0n) is 34.0. The average molecular weight is 789 g/mol. The molecule has 4 N–H and O–H groups in total. The maximum atomic E-state index is 11.8. The molecule has 55 heavy (non-hydrogen) atoms.